The number of allylic oxidation sites excluding steroid dienone is 3. The topological polar surface area (TPSA) is 85.9 Å². The van der Waals surface area contributed by atoms with Crippen molar-refractivity contribution in [3.8, 4) is 17.2 Å². The van der Waals surface area contributed by atoms with Crippen LogP contribution in [0.2, 0.25) is 0 Å². The number of nitrogens with one attached hydrogen (secondary N) is 2. The molecule has 38 heavy (non-hydrogen) atoms. The Morgan fingerprint density at radius 1 is 0.947 bits per heavy atom. The SMILES string of the molecule is COc1ccccc1NC(=O)C1=C(C)NC2=C(C(=O)C[C@H](c3ccc(OC)c(OC)c3)C2)[C@@H]1c1cccs1. The first-order chi connectivity index (χ1) is 18.4. The lowest BCUT2D eigenvalue weighted by molar-refractivity contribution is -0.116. The van der Waals surface area contributed by atoms with E-state index in [1.54, 1.807) is 44.8 Å². The van der Waals surface area contributed by atoms with Crippen LogP contribution in [-0.2, 0) is 9.59 Å². The molecule has 5 rings (SSSR count). The second-order valence-electron chi connectivity index (χ2n) is 9.30. The molecule has 0 radical (unpaired) electrons. The Kier molecular flexibility index (Phi) is 7.24. The molecule has 0 unspecified atom stereocenters. The minimum atomic E-state index is -0.445. The molecule has 1 amide bonds. The van der Waals surface area contributed by atoms with E-state index >= 15 is 0 Å². The van der Waals surface area contributed by atoms with Gasteiger partial charge in [-0.2, -0.15) is 0 Å². The molecule has 1 aromatic heterocycles. The molecule has 2 N–H and O–H groups in total. The number of dihydropyridines is 1. The van der Waals surface area contributed by atoms with Gasteiger partial charge >= 0.3 is 0 Å². The van der Waals surface area contributed by atoms with Crippen molar-refractivity contribution in [2.24, 2.45) is 0 Å². The van der Waals surface area contributed by atoms with Gasteiger partial charge in [-0.3, -0.25) is 9.59 Å². The van der Waals surface area contributed by atoms with E-state index in [-0.39, 0.29) is 17.6 Å². The van der Waals surface area contributed by atoms with Gasteiger partial charge in [0.2, 0.25) is 0 Å². The molecular weight excluding hydrogens is 500 g/mol. The molecule has 2 atom stereocenters. The van der Waals surface area contributed by atoms with Crippen LogP contribution in [0.3, 0.4) is 0 Å². The van der Waals surface area contributed by atoms with Crippen molar-refractivity contribution < 1.29 is 23.8 Å². The number of carbonyl (C=O) groups excluding carboxylic acids is 2. The van der Waals surface area contributed by atoms with E-state index in [0.717, 1.165) is 21.8 Å². The maximum absolute atomic E-state index is 13.8. The summed E-state index contributed by atoms with van der Waals surface area (Å²) >= 11 is 1.55. The smallest absolute Gasteiger partial charge is 0.254 e. The highest BCUT2D eigenvalue weighted by atomic mass is 32.1. The average Bonchev–Trinajstić information content (AvgIpc) is 3.46. The van der Waals surface area contributed by atoms with Gasteiger partial charge in [-0.15, -0.1) is 11.3 Å². The van der Waals surface area contributed by atoms with Crippen molar-refractivity contribution in [2.45, 2.75) is 31.6 Å². The molecule has 196 valence electrons. The number of carbonyl (C=O) groups is 2. The molecule has 2 aliphatic rings. The Balaban J connectivity index is 1.51. The van der Waals surface area contributed by atoms with Crippen LogP contribution in [-0.4, -0.2) is 33.0 Å². The molecular formula is C30H30N2O5S. The molecule has 2 heterocycles. The summed E-state index contributed by atoms with van der Waals surface area (Å²) < 4.78 is 16.3. The second kappa shape index (κ2) is 10.8. The summed E-state index contributed by atoms with van der Waals surface area (Å²) in [6.07, 6.45) is 0.996. The van der Waals surface area contributed by atoms with Crippen LogP contribution >= 0.6 is 11.3 Å². The highest BCUT2D eigenvalue weighted by molar-refractivity contribution is 7.10. The Bertz CT molecular complexity index is 1440. The minimum absolute atomic E-state index is 0.0192. The number of anilines is 1. The zero-order valence-corrected chi connectivity index (χ0v) is 22.6. The van der Waals surface area contributed by atoms with Gasteiger partial charge in [0.1, 0.15) is 5.75 Å². The molecule has 0 spiro atoms. The fourth-order valence-corrected chi connectivity index (χ4v) is 6.20. The van der Waals surface area contributed by atoms with Gasteiger partial charge in [0, 0.05) is 33.8 Å². The molecule has 0 fully saturated rings. The fourth-order valence-electron chi connectivity index (χ4n) is 5.36. The number of ether oxygens (including phenoxy) is 3. The number of ketones is 1. The number of Topliss-reactive ketones (excluding diaryl/α,β-unsaturated/α-hetero) is 1. The molecule has 2 aromatic carbocycles. The van der Waals surface area contributed by atoms with E-state index in [1.165, 1.54) is 0 Å². The standard InChI is InChI=1S/C30H30N2O5S/c1-17-27(30(34)32-20-8-5-6-9-23(20)35-2)29(26-10-7-13-38-26)28-21(31-17)14-19(15-22(28)33)18-11-12-24(36-3)25(16-18)37-4/h5-13,16,19,29,31H,14-15H2,1-4H3,(H,32,34)/t19-,29-/m1/s1. The molecule has 0 bridgehead atoms. The highest BCUT2D eigenvalue weighted by Crippen LogP contribution is 2.47. The predicted octanol–water partition coefficient (Wildman–Crippen LogP) is 5.77. The number of benzene rings is 2. The van der Waals surface area contributed by atoms with Crippen LogP contribution in [0, 0.1) is 0 Å². The molecule has 3 aromatic rings. The fraction of sp³-hybridized carbons (Fsp3) is 0.267. The van der Waals surface area contributed by atoms with E-state index in [2.05, 4.69) is 10.6 Å². The van der Waals surface area contributed by atoms with Gasteiger partial charge in [-0.1, -0.05) is 24.3 Å². The third kappa shape index (κ3) is 4.67. The van der Waals surface area contributed by atoms with Gasteiger partial charge < -0.3 is 24.8 Å². The third-order valence-electron chi connectivity index (χ3n) is 7.13. The summed E-state index contributed by atoms with van der Waals surface area (Å²) in [5.41, 5.74) is 4.39. The summed E-state index contributed by atoms with van der Waals surface area (Å²) in [7, 11) is 4.78. The zero-order valence-electron chi connectivity index (χ0n) is 21.8. The van der Waals surface area contributed by atoms with E-state index in [9.17, 15) is 9.59 Å². The van der Waals surface area contributed by atoms with Gasteiger partial charge in [-0.05, 0) is 60.5 Å². The summed E-state index contributed by atoms with van der Waals surface area (Å²) in [6.45, 7) is 1.89. The minimum Gasteiger partial charge on any atom is -0.495 e. The largest absolute Gasteiger partial charge is 0.495 e. The first-order valence-electron chi connectivity index (χ1n) is 12.4. The van der Waals surface area contributed by atoms with Crippen molar-refractivity contribution in [1.29, 1.82) is 0 Å². The summed E-state index contributed by atoms with van der Waals surface area (Å²) in [5.74, 6) is 1.16. The summed E-state index contributed by atoms with van der Waals surface area (Å²) in [6, 6.07) is 17.0. The van der Waals surface area contributed by atoms with E-state index in [0.29, 0.717) is 46.9 Å². The number of hydrogen-bond acceptors (Lipinski definition) is 7. The number of amides is 1. The monoisotopic (exact) mass is 530 g/mol. The molecule has 1 aliphatic heterocycles. The van der Waals surface area contributed by atoms with Gasteiger partial charge in [0.15, 0.2) is 17.3 Å². The number of hydrogen-bond donors (Lipinski definition) is 2. The van der Waals surface area contributed by atoms with Crippen molar-refractivity contribution in [2.75, 3.05) is 26.6 Å². The first kappa shape index (κ1) is 25.6. The van der Waals surface area contributed by atoms with Gasteiger partial charge in [0.25, 0.3) is 5.91 Å². The molecule has 7 nitrogen and oxygen atoms in total. The van der Waals surface area contributed by atoms with Crippen molar-refractivity contribution in [3.63, 3.8) is 0 Å². The van der Waals surface area contributed by atoms with Crippen LogP contribution in [0.15, 0.2) is 82.5 Å². The molecule has 0 saturated heterocycles. The van der Waals surface area contributed by atoms with Crippen LogP contribution < -0.4 is 24.8 Å². The number of para-hydroxylation sites is 2. The maximum atomic E-state index is 13.8. The second-order valence-corrected chi connectivity index (χ2v) is 10.3. The van der Waals surface area contributed by atoms with Crippen molar-refractivity contribution in [3.05, 3.63) is 93.0 Å². The van der Waals surface area contributed by atoms with Crippen molar-refractivity contribution >= 4 is 28.7 Å². The predicted molar refractivity (Wildman–Crippen MR) is 148 cm³/mol. The molecule has 0 saturated carbocycles. The van der Waals surface area contributed by atoms with Crippen LogP contribution in [0.25, 0.3) is 0 Å². The Morgan fingerprint density at radius 3 is 2.42 bits per heavy atom. The Morgan fingerprint density at radius 2 is 1.71 bits per heavy atom. The summed E-state index contributed by atoms with van der Waals surface area (Å²) in [5, 5.41) is 8.41. The van der Waals surface area contributed by atoms with Crippen LogP contribution in [0.5, 0.6) is 17.2 Å². The lowest BCUT2D eigenvalue weighted by Gasteiger charge is -2.36. The average molecular weight is 531 g/mol. The zero-order chi connectivity index (χ0) is 26.8. The number of thiophene rings is 1. The van der Waals surface area contributed by atoms with E-state index < -0.39 is 5.92 Å². The summed E-state index contributed by atoms with van der Waals surface area (Å²) in [4.78, 5) is 28.5. The molecule has 1 aliphatic carbocycles. The normalized spacial score (nSPS) is 19.0. The number of methoxy groups -OCH3 is 3. The van der Waals surface area contributed by atoms with Gasteiger partial charge in [0.05, 0.1) is 32.9 Å². The van der Waals surface area contributed by atoms with Crippen LogP contribution in [0.4, 0.5) is 5.69 Å². The Labute approximate surface area is 226 Å². The van der Waals surface area contributed by atoms with Crippen molar-refractivity contribution in [1.82, 2.24) is 5.32 Å². The maximum Gasteiger partial charge on any atom is 0.254 e. The van der Waals surface area contributed by atoms with E-state index in [1.807, 2.05) is 54.8 Å². The lowest BCUT2D eigenvalue weighted by atomic mass is 9.73. The quantitative estimate of drug-likeness (QED) is 0.403. The van der Waals surface area contributed by atoms with Gasteiger partial charge in [-0.25, -0.2) is 0 Å². The Hall–Kier alpha value is -4.04. The molecule has 8 heteroatoms. The third-order valence-corrected chi connectivity index (χ3v) is 8.07. The lowest BCUT2D eigenvalue weighted by Crippen LogP contribution is -2.36. The van der Waals surface area contributed by atoms with Crippen LogP contribution in [0.1, 0.15) is 42.0 Å². The highest BCUT2D eigenvalue weighted by Gasteiger charge is 2.41. The number of rotatable bonds is 7. The van der Waals surface area contributed by atoms with E-state index in [4.69, 9.17) is 14.2 Å². The first-order valence-corrected chi connectivity index (χ1v) is 13.3.